The number of nitrogens with one attached hydrogen (secondary N) is 1. The Kier molecular flexibility index (Phi) is 9.77. The van der Waals surface area contributed by atoms with Crippen LogP contribution in [0.5, 0.6) is 5.75 Å². The van der Waals surface area contributed by atoms with E-state index in [1.807, 2.05) is 0 Å². The molecule has 0 aliphatic rings. The van der Waals surface area contributed by atoms with Gasteiger partial charge in [-0.1, -0.05) is 61.9 Å². The summed E-state index contributed by atoms with van der Waals surface area (Å²) in [7, 11) is 0. The first kappa shape index (κ1) is 18.5. The lowest BCUT2D eigenvalue weighted by molar-refractivity contribution is 0.299. The minimum Gasteiger partial charge on any atom is -0.493 e. The van der Waals surface area contributed by atoms with Crippen molar-refractivity contribution in [3.05, 3.63) is 27.7 Å². The van der Waals surface area contributed by atoms with Gasteiger partial charge in [0.25, 0.3) is 0 Å². The third kappa shape index (κ3) is 7.32. The van der Waals surface area contributed by atoms with E-state index >= 15 is 0 Å². The van der Waals surface area contributed by atoms with Crippen LogP contribution in [0.4, 0.5) is 0 Å². The van der Waals surface area contributed by atoms with E-state index in [1.165, 1.54) is 43.2 Å². The molecule has 0 unspecified atom stereocenters. The fourth-order valence-corrected chi connectivity index (χ4v) is 3.07. The molecule has 0 saturated heterocycles. The van der Waals surface area contributed by atoms with E-state index in [9.17, 15) is 0 Å². The minimum atomic E-state index is 0.827. The predicted molar refractivity (Wildman–Crippen MR) is 95.1 cm³/mol. The maximum Gasteiger partial charge on any atom is 0.126 e. The molecule has 0 aromatic heterocycles. The van der Waals surface area contributed by atoms with Crippen LogP contribution in [-0.2, 0) is 6.54 Å². The minimum absolute atomic E-state index is 0.827. The zero-order valence-corrected chi connectivity index (χ0v) is 15.4. The number of unbranched alkanes of at least 4 members (excludes halogenated alkanes) is 5. The number of aryl methyl sites for hydroxylation is 1. The van der Waals surface area contributed by atoms with Gasteiger partial charge in [-0.3, -0.25) is 0 Å². The van der Waals surface area contributed by atoms with Crippen LogP contribution in [0.15, 0.2) is 16.6 Å². The zero-order valence-electron chi connectivity index (χ0n) is 13.8. The molecule has 120 valence electrons. The Morgan fingerprint density at radius 3 is 2.48 bits per heavy atom. The first-order chi connectivity index (χ1) is 10.2. The van der Waals surface area contributed by atoms with Gasteiger partial charge in [0, 0.05) is 16.6 Å². The van der Waals surface area contributed by atoms with Crippen molar-refractivity contribution in [3.8, 4) is 5.75 Å². The number of rotatable bonds is 11. The molecule has 0 amide bonds. The van der Waals surface area contributed by atoms with Crippen LogP contribution < -0.4 is 10.1 Å². The van der Waals surface area contributed by atoms with Gasteiger partial charge in [0.1, 0.15) is 5.75 Å². The van der Waals surface area contributed by atoms with Crippen molar-refractivity contribution in [1.29, 1.82) is 0 Å². The highest BCUT2D eigenvalue weighted by atomic mass is 79.9. The smallest absolute Gasteiger partial charge is 0.126 e. The predicted octanol–water partition coefficient (Wildman–Crippen LogP) is 5.61. The van der Waals surface area contributed by atoms with E-state index < -0.39 is 0 Å². The van der Waals surface area contributed by atoms with Crippen molar-refractivity contribution >= 4 is 15.9 Å². The molecule has 0 aliphatic heterocycles. The van der Waals surface area contributed by atoms with Gasteiger partial charge < -0.3 is 10.1 Å². The normalized spacial score (nSPS) is 10.9. The topological polar surface area (TPSA) is 21.3 Å². The number of halogens is 1. The first-order valence-electron chi connectivity index (χ1n) is 8.31. The standard InChI is InChI=1S/C18H30BrNO/c1-4-6-7-8-9-10-11-21-18-15(3)12-17(19)13-16(18)14-20-5-2/h12-13,20H,4-11,14H2,1-3H3. The maximum atomic E-state index is 6.07. The number of hydrogen-bond acceptors (Lipinski definition) is 2. The van der Waals surface area contributed by atoms with Crippen LogP contribution in [0.2, 0.25) is 0 Å². The Morgan fingerprint density at radius 1 is 1.05 bits per heavy atom. The molecule has 21 heavy (non-hydrogen) atoms. The quantitative estimate of drug-likeness (QED) is 0.521. The van der Waals surface area contributed by atoms with E-state index in [1.54, 1.807) is 0 Å². The van der Waals surface area contributed by atoms with Gasteiger partial charge in [-0.25, -0.2) is 0 Å². The highest BCUT2D eigenvalue weighted by molar-refractivity contribution is 9.10. The van der Waals surface area contributed by atoms with Gasteiger partial charge in [0.15, 0.2) is 0 Å². The number of benzene rings is 1. The highest BCUT2D eigenvalue weighted by Gasteiger charge is 2.08. The fraction of sp³-hybridized carbons (Fsp3) is 0.667. The third-order valence-electron chi connectivity index (χ3n) is 3.63. The SMILES string of the molecule is CCCCCCCCOc1c(C)cc(Br)cc1CNCC. The zero-order chi connectivity index (χ0) is 15.5. The molecular weight excluding hydrogens is 326 g/mol. The third-order valence-corrected chi connectivity index (χ3v) is 4.08. The number of hydrogen-bond donors (Lipinski definition) is 1. The molecule has 0 bridgehead atoms. The van der Waals surface area contributed by atoms with Gasteiger partial charge in [-0.05, 0) is 37.6 Å². The molecule has 2 nitrogen and oxygen atoms in total. The molecule has 1 aromatic rings. The Morgan fingerprint density at radius 2 is 1.76 bits per heavy atom. The second-order valence-electron chi connectivity index (χ2n) is 5.61. The highest BCUT2D eigenvalue weighted by Crippen LogP contribution is 2.28. The monoisotopic (exact) mass is 355 g/mol. The van der Waals surface area contributed by atoms with E-state index in [0.29, 0.717) is 0 Å². The summed E-state index contributed by atoms with van der Waals surface area (Å²) in [6.45, 7) is 9.17. The Bertz CT molecular complexity index is 406. The number of ether oxygens (including phenoxy) is 1. The second kappa shape index (κ2) is 11.1. The molecule has 0 saturated carbocycles. The summed E-state index contributed by atoms with van der Waals surface area (Å²) in [5.41, 5.74) is 2.46. The van der Waals surface area contributed by atoms with Crippen molar-refractivity contribution in [2.24, 2.45) is 0 Å². The van der Waals surface area contributed by atoms with E-state index in [4.69, 9.17) is 4.74 Å². The lowest BCUT2D eigenvalue weighted by Crippen LogP contribution is -2.13. The maximum absolute atomic E-state index is 6.07. The molecule has 0 radical (unpaired) electrons. The van der Waals surface area contributed by atoms with Crippen LogP contribution in [0.1, 0.15) is 63.5 Å². The summed E-state index contributed by atoms with van der Waals surface area (Å²) < 4.78 is 7.19. The van der Waals surface area contributed by atoms with Crippen molar-refractivity contribution in [2.75, 3.05) is 13.2 Å². The molecule has 0 fully saturated rings. The second-order valence-corrected chi connectivity index (χ2v) is 6.52. The van der Waals surface area contributed by atoms with Gasteiger partial charge in [-0.2, -0.15) is 0 Å². The van der Waals surface area contributed by atoms with Crippen LogP contribution in [-0.4, -0.2) is 13.2 Å². The van der Waals surface area contributed by atoms with E-state index in [-0.39, 0.29) is 0 Å². The van der Waals surface area contributed by atoms with Crippen LogP contribution >= 0.6 is 15.9 Å². The largest absolute Gasteiger partial charge is 0.493 e. The Labute approximate surface area is 138 Å². The average molecular weight is 356 g/mol. The van der Waals surface area contributed by atoms with Gasteiger partial charge in [-0.15, -0.1) is 0 Å². The molecule has 1 rings (SSSR count). The first-order valence-corrected chi connectivity index (χ1v) is 9.10. The fourth-order valence-electron chi connectivity index (χ4n) is 2.45. The molecule has 1 N–H and O–H groups in total. The summed E-state index contributed by atoms with van der Waals surface area (Å²) in [6, 6.07) is 4.29. The van der Waals surface area contributed by atoms with E-state index in [2.05, 4.69) is 54.2 Å². The lowest BCUT2D eigenvalue weighted by Gasteiger charge is -2.15. The van der Waals surface area contributed by atoms with Crippen LogP contribution in [0.25, 0.3) is 0 Å². The van der Waals surface area contributed by atoms with Gasteiger partial charge in [0.2, 0.25) is 0 Å². The Hall–Kier alpha value is -0.540. The summed E-state index contributed by atoms with van der Waals surface area (Å²) in [4.78, 5) is 0. The average Bonchev–Trinajstić information content (AvgIpc) is 2.46. The van der Waals surface area contributed by atoms with Crippen molar-refractivity contribution in [3.63, 3.8) is 0 Å². The molecule has 0 heterocycles. The lowest BCUT2D eigenvalue weighted by atomic mass is 10.1. The van der Waals surface area contributed by atoms with Crippen molar-refractivity contribution < 1.29 is 4.74 Å². The van der Waals surface area contributed by atoms with Crippen molar-refractivity contribution in [1.82, 2.24) is 5.32 Å². The molecule has 1 aromatic carbocycles. The molecule has 3 heteroatoms. The summed E-state index contributed by atoms with van der Waals surface area (Å²) in [6.07, 6.45) is 7.79. The molecule has 0 aliphatic carbocycles. The van der Waals surface area contributed by atoms with Crippen molar-refractivity contribution in [2.45, 2.75) is 65.8 Å². The summed E-state index contributed by atoms with van der Waals surface area (Å²) in [5.74, 6) is 1.06. The van der Waals surface area contributed by atoms with Crippen LogP contribution in [0, 0.1) is 6.92 Å². The summed E-state index contributed by atoms with van der Waals surface area (Å²) >= 11 is 3.57. The summed E-state index contributed by atoms with van der Waals surface area (Å²) in [5, 5.41) is 3.38. The van der Waals surface area contributed by atoms with Gasteiger partial charge in [0.05, 0.1) is 6.61 Å². The Balaban J connectivity index is 2.45. The molecule has 0 atom stereocenters. The molecular formula is C18H30BrNO. The van der Waals surface area contributed by atoms with Gasteiger partial charge >= 0.3 is 0 Å². The van der Waals surface area contributed by atoms with Crippen LogP contribution in [0.3, 0.4) is 0 Å². The van der Waals surface area contributed by atoms with E-state index in [0.717, 1.165) is 36.3 Å². The molecule has 0 spiro atoms.